The van der Waals surface area contributed by atoms with Crippen LogP contribution in [0.25, 0.3) is 0 Å². The maximum Gasteiger partial charge on any atom is 0.265 e. The lowest BCUT2D eigenvalue weighted by atomic mass is 10.1. The summed E-state index contributed by atoms with van der Waals surface area (Å²) in [5.74, 6) is 0.566. The number of nitrogens with one attached hydrogen (secondary N) is 1. The van der Waals surface area contributed by atoms with Crippen molar-refractivity contribution in [3.05, 3.63) is 83.4 Å². The Morgan fingerprint density at radius 2 is 1.58 bits per heavy atom. The second-order valence-electron chi connectivity index (χ2n) is 7.70. The average molecular weight is 469 g/mol. The van der Waals surface area contributed by atoms with Gasteiger partial charge in [-0.05, 0) is 61.9 Å². The highest BCUT2D eigenvalue weighted by Crippen LogP contribution is 2.29. The van der Waals surface area contributed by atoms with Gasteiger partial charge in [-0.3, -0.25) is 9.52 Å². The molecule has 1 N–H and O–H groups in total. The minimum absolute atomic E-state index is 0.109. The van der Waals surface area contributed by atoms with Gasteiger partial charge in [-0.15, -0.1) is 0 Å². The number of anilines is 1. The fraction of sp³-hybridized carbons (Fsp3) is 0.240. The van der Waals surface area contributed by atoms with Crippen LogP contribution >= 0.6 is 0 Å². The predicted octanol–water partition coefficient (Wildman–Crippen LogP) is 4.65. The highest BCUT2D eigenvalue weighted by molar-refractivity contribution is 7.92. The normalized spacial score (nSPS) is 12.0. The van der Waals surface area contributed by atoms with Crippen LogP contribution in [-0.4, -0.2) is 40.5 Å². The predicted molar refractivity (Wildman–Crippen MR) is 128 cm³/mol. The van der Waals surface area contributed by atoms with Crippen molar-refractivity contribution in [1.82, 2.24) is 4.90 Å². The second kappa shape index (κ2) is 9.95. The summed E-state index contributed by atoms with van der Waals surface area (Å²) in [5.41, 5.74) is 2.60. The van der Waals surface area contributed by atoms with E-state index in [0.717, 1.165) is 16.9 Å². The fourth-order valence-electron chi connectivity index (χ4n) is 3.34. The molecule has 1 unspecified atom stereocenters. The van der Waals surface area contributed by atoms with Crippen molar-refractivity contribution >= 4 is 21.6 Å². The van der Waals surface area contributed by atoms with E-state index in [0.29, 0.717) is 5.69 Å². The number of aryl methyl sites for hydroxylation is 1. The minimum atomic E-state index is -3.99. The van der Waals surface area contributed by atoms with Crippen LogP contribution in [0.2, 0.25) is 0 Å². The number of carbonyl (C=O) groups excluding carboxylic acids is 1. The molecule has 1 atom stereocenters. The molecule has 0 saturated carbocycles. The van der Waals surface area contributed by atoms with E-state index in [2.05, 4.69) is 4.72 Å². The number of methoxy groups -OCH3 is 2. The first kappa shape index (κ1) is 24.1. The Kier molecular flexibility index (Phi) is 7.28. The van der Waals surface area contributed by atoms with E-state index in [1.54, 1.807) is 37.3 Å². The van der Waals surface area contributed by atoms with Crippen LogP contribution in [0.5, 0.6) is 11.5 Å². The Balaban J connectivity index is 1.89. The average Bonchev–Trinajstić information content (AvgIpc) is 2.83. The summed E-state index contributed by atoms with van der Waals surface area (Å²) in [6.45, 7) is 3.82. The molecule has 0 aliphatic rings. The number of rotatable bonds is 8. The number of benzene rings is 3. The Hall–Kier alpha value is -3.52. The maximum atomic E-state index is 13.2. The lowest BCUT2D eigenvalue weighted by Crippen LogP contribution is -2.30. The van der Waals surface area contributed by atoms with Crippen LogP contribution < -0.4 is 14.2 Å². The lowest BCUT2D eigenvalue weighted by Gasteiger charge is -2.26. The molecule has 0 fully saturated rings. The van der Waals surface area contributed by atoms with Gasteiger partial charge < -0.3 is 14.4 Å². The van der Waals surface area contributed by atoms with Crippen molar-refractivity contribution in [3.63, 3.8) is 0 Å². The molecular formula is C25H28N2O5S. The Morgan fingerprint density at radius 3 is 2.15 bits per heavy atom. The van der Waals surface area contributed by atoms with Gasteiger partial charge in [0.05, 0.1) is 20.3 Å². The van der Waals surface area contributed by atoms with E-state index in [4.69, 9.17) is 9.47 Å². The van der Waals surface area contributed by atoms with Crippen molar-refractivity contribution in [1.29, 1.82) is 0 Å². The number of nitrogens with zero attached hydrogens (tertiary/aromatic N) is 1. The van der Waals surface area contributed by atoms with Gasteiger partial charge in [-0.2, -0.15) is 0 Å². The number of carbonyl (C=O) groups is 1. The zero-order valence-corrected chi connectivity index (χ0v) is 20.1. The molecule has 8 heteroatoms. The summed E-state index contributed by atoms with van der Waals surface area (Å²) in [6, 6.07) is 18.6. The third-order valence-electron chi connectivity index (χ3n) is 5.50. The summed E-state index contributed by atoms with van der Waals surface area (Å²) < 4.78 is 39.2. The highest BCUT2D eigenvalue weighted by atomic mass is 32.2. The zero-order chi connectivity index (χ0) is 24.2. The Morgan fingerprint density at radius 1 is 0.939 bits per heavy atom. The van der Waals surface area contributed by atoms with Crippen LogP contribution in [0.3, 0.4) is 0 Å². The van der Waals surface area contributed by atoms with E-state index in [1.165, 1.54) is 19.2 Å². The summed E-state index contributed by atoms with van der Waals surface area (Å²) >= 11 is 0. The van der Waals surface area contributed by atoms with Crippen LogP contribution in [-0.2, 0) is 10.0 Å². The molecule has 0 bridgehead atoms. The number of ether oxygens (including phenoxy) is 2. The van der Waals surface area contributed by atoms with Crippen molar-refractivity contribution in [2.45, 2.75) is 24.8 Å². The molecule has 3 aromatic carbocycles. The molecule has 174 valence electrons. The maximum absolute atomic E-state index is 13.2. The first-order valence-corrected chi connectivity index (χ1v) is 11.8. The largest absolute Gasteiger partial charge is 0.497 e. The monoisotopic (exact) mass is 468 g/mol. The quantitative estimate of drug-likeness (QED) is 0.520. The van der Waals surface area contributed by atoms with Gasteiger partial charge in [0.15, 0.2) is 0 Å². The van der Waals surface area contributed by atoms with E-state index in [9.17, 15) is 13.2 Å². The fourth-order valence-corrected chi connectivity index (χ4v) is 4.59. The smallest absolute Gasteiger partial charge is 0.265 e. The lowest BCUT2D eigenvalue weighted by molar-refractivity contribution is 0.0742. The van der Waals surface area contributed by atoms with E-state index in [-0.39, 0.29) is 28.2 Å². The van der Waals surface area contributed by atoms with Gasteiger partial charge in [-0.1, -0.05) is 29.8 Å². The van der Waals surface area contributed by atoms with Gasteiger partial charge in [0.2, 0.25) is 0 Å². The Bertz CT molecular complexity index is 1220. The van der Waals surface area contributed by atoms with Crippen molar-refractivity contribution in [2.24, 2.45) is 0 Å². The first-order chi connectivity index (χ1) is 15.7. The third-order valence-corrected chi connectivity index (χ3v) is 6.91. The summed E-state index contributed by atoms with van der Waals surface area (Å²) in [5, 5.41) is 0. The zero-order valence-electron chi connectivity index (χ0n) is 19.3. The van der Waals surface area contributed by atoms with Gasteiger partial charge in [0, 0.05) is 18.3 Å². The molecular weight excluding hydrogens is 440 g/mol. The molecule has 0 spiro atoms. The molecule has 3 aromatic rings. The summed E-state index contributed by atoms with van der Waals surface area (Å²) in [6.07, 6.45) is 0. The van der Waals surface area contributed by atoms with Gasteiger partial charge >= 0.3 is 0 Å². The first-order valence-electron chi connectivity index (χ1n) is 10.3. The molecule has 0 aliphatic heterocycles. The number of hydrogen-bond donors (Lipinski definition) is 1. The van der Waals surface area contributed by atoms with Crippen molar-refractivity contribution in [2.75, 3.05) is 26.0 Å². The number of sulfonamides is 1. The molecule has 0 aromatic heterocycles. The number of amides is 1. The molecule has 0 heterocycles. The third kappa shape index (κ3) is 5.46. The molecule has 0 aliphatic carbocycles. The molecule has 3 rings (SSSR count). The van der Waals surface area contributed by atoms with Crippen molar-refractivity contribution < 1.29 is 22.7 Å². The molecule has 1 amide bonds. The van der Waals surface area contributed by atoms with Crippen LogP contribution in [0.1, 0.15) is 34.5 Å². The summed E-state index contributed by atoms with van der Waals surface area (Å²) in [7, 11) is 0.673. The molecule has 0 radical (unpaired) electrons. The van der Waals surface area contributed by atoms with E-state index >= 15 is 0 Å². The highest BCUT2D eigenvalue weighted by Gasteiger charge is 2.25. The van der Waals surface area contributed by atoms with Crippen molar-refractivity contribution in [3.8, 4) is 11.5 Å². The van der Waals surface area contributed by atoms with Crippen LogP contribution in [0, 0.1) is 6.92 Å². The van der Waals surface area contributed by atoms with Gasteiger partial charge in [0.25, 0.3) is 15.9 Å². The van der Waals surface area contributed by atoms with Crippen LogP contribution in [0.4, 0.5) is 5.69 Å². The molecule has 0 saturated heterocycles. The van der Waals surface area contributed by atoms with E-state index in [1.807, 2.05) is 50.2 Å². The SMILES string of the molecule is COc1ccc(C(C)N(C)C(=O)c2ccc(OC)c(S(=O)(=O)Nc3ccc(C)cc3)c2)cc1. The standard InChI is InChI=1S/C25H28N2O5S/c1-17-6-11-21(12-7-17)26-33(29,30)24-16-20(10-15-23(24)32-5)25(28)27(3)18(2)19-8-13-22(31-4)14-9-19/h6-16,18,26H,1-5H3. The Labute approximate surface area is 195 Å². The van der Waals surface area contributed by atoms with Gasteiger partial charge in [-0.25, -0.2) is 8.42 Å². The van der Waals surface area contributed by atoms with Gasteiger partial charge in [0.1, 0.15) is 16.4 Å². The van der Waals surface area contributed by atoms with E-state index < -0.39 is 10.0 Å². The van der Waals surface area contributed by atoms with Crippen LogP contribution in [0.15, 0.2) is 71.6 Å². The molecule has 33 heavy (non-hydrogen) atoms. The summed E-state index contributed by atoms with van der Waals surface area (Å²) in [4.78, 5) is 14.7. The number of hydrogen-bond acceptors (Lipinski definition) is 5. The molecule has 7 nitrogen and oxygen atoms in total. The topological polar surface area (TPSA) is 84.9 Å². The minimum Gasteiger partial charge on any atom is -0.497 e. The second-order valence-corrected chi connectivity index (χ2v) is 9.35.